The van der Waals surface area contributed by atoms with Gasteiger partial charge in [0.2, 0.25) is 0 Å². The topological polar surface area (TPSA) is 89.5 Å². The molecule has 1 heterocycles. The second kappa shape index (κ2) is 7.94. The van der Waals surface area contributed by atoms with Gasteiger partial charge in [0, 0.05) is 17.0 Å². The highest BCUT2D eigenvalue weighted by atomic mass is 16.5. The normalized spacial score (nSPS) is 11.3. The van der Waals surface area contributed by atoms with Crippen LogP contribution in [0.1, 0.15) is 5.56 Å². The van der Waals surface area contributed by atoms with Crippen molar-refractivity contribution < 1.29 is 18.7 Å². The minimum absolute atomic E-state index is 0.159. The zero-order valence-corrected chi connectivity index (χ0v) is 15.9. The summed E-state index contributed by atoms with van der Waals surface area (Å²) in [6.07, 6.45) is 1.40. The second-order valence-electron chi connectivity index (χ2n) is 6.39. The third kappa shape index (κ3) is 3.52. The molecule has 0 atom stereocenters. The summed E-state index contributed by atoms with van der Waals surface area (Å²) in [5.74, 6) is -0.143. The number of benzene rings is 3. The average Bonchev–Trinajstić information content (AvgIpc) is 2.77. The molecule has 0 saturated heterocycles. The Morgan fingerprint density at radius 3 is 2.50 bits per heavy atom. The Labute approximate surface area is 171 Å². The summed E-state index contributed by atoms with van der Waals surface area (Å²) in [5, 5.41) is 11.3. The molecule has 0 aliphatic heterocycles. The molecule has 0 bridgehead atoms. The lowest BCUT2D eigenvalue weighted by atomic mass is 10.1. The minimum Gasteiger partial charge on any atom is -0.496 e. The Morgan fingerprint density at radius 2 is 1.73 bits per heavy atom. The first kappa shape index (κ1) is 19.0. The summed E-state index contributed by atoms with van der Waals surface area (Å²) < 4.78 is 15.9. The van der Waals surface area contributed by atoms with Crippen molar-refractivity contribution in [2.45, 2.75) is 0 Å². The fourth-order valence-corrected chi connectivity index (χ4v) is 3.16. The van der Waals surface area contributed by atoms with Crippen LogP contribution in [0.2, 0.25) is 0 Å². The van der Waals surface area contributed by atoms with E-state index in [1.165, 1.54) is 19.3 Å². The summed E-state index contributed by atoms with van der Waals surface area (Å²) in [6.45, 7) is 0. The van der Waals surface area contributed by atoms with Crippen molar-refractivity contribution in [2.75, 3.05) is 7.11 Å². The SMILES string of the molecule is COc1ccccc1/C=C(\C#N)C(=O)Oc1ccc2c(c1)oc(=O)c1ccccc12. The van der Waals surface area contributed by atoms with Crippen LogP contribution >= 0.6 is 0 Å². The van der Waals surface area contributed by atoms with Gasteiger partial charge in [0.15, 0.2) is 0 Å². The molecule has 0 amide bonds. The monoisotopic (exact) mass is 397 g/mol. The Kier molecular flexibility index (Phi) is 5.02. The number of nitriles is 1. The molecule has 4 aromatic rings. The molecule has 0 spiro atoms. The summed E-state index contributed by atoms with van der Waals surface area (Å²) in [7, 11) is 1.50. The first-order valence-corrected chi connectivity index (χ1v) is 9.03. The summed E-state index contributed by atoms with van der Waals surface area (Å²) in [4.78, 5) is 24.7. The molecule has 146 valence electrons. The smallest absolute Gasteiger partial charge is 0.354 e. The molecule has 0 unspecified atom stereocenters. The van der Waals surface area contributed by atoms with Crippen LogP contribution in [-0.2, 0) is 4.79 Å². The predicted octanol–water partition coefficient (Wildman–Crippen LogP) is 4.47. The van der Waals surface area contributed by atoms with E-state index < -0.39 is 11.6 Å². The van der Waals surface area contributed by atoms with Crippen LogP contribution in [-0.4, -0.2) is 13.1 Å². The van der Waals surface area contributed by atoms with E-state index in [0.29, 0.717) is 16.7 Å². The highest BCUT2D eigenvalue weighted by Crippen LogP contribution is 2.27. The van der Waals surface area contributed by atoms with Crippen LogP contribution < -0.4 is 15.1 Å². The van der Waals surface area contributed by atoms with Gasteiger partial charge in [0.25, 0.3) is 0 Å². The lowest BCUT2D eigenvalue weighted by molar-refractivity contribution is -0.129. The predicted molar refractivity (Wildman–Crippen MR) is 112 cm³/mol. The number of ether oxygens (including phenoxy) is 2. The number of rotatable bonds is 4. The maximum atomic E-state index is 12.5. The summed E-state index contributed by atoms with van der Waals surface area (Å²) in [6, 6.07) is 20.7. The Hall–Kier alpha value is -4.37. The van der Waals surface area contributed by atoms with Crippen molar-refractivity contribution in [3.63, 3.8) is 0 Å². The van der Waals surface area contributed by atoms with E-state index in [1.54, 1.807) is 48.5 Å². The number of methoxy groups -OCH3 is 1. The number of fused-ring (bicyclic) bond motifs is 3. The first-order chi connectivity index (χ1) is 14.6. The lowest BCUT2D eigenvalue weighted by Gasteiger charge is -2.07. The molecule has 3 aromatic carbocycles. The van der Waals surface area contributed by atoms with Gasteiger partial charge in [-0.3, -0.25) is 0 Å². The quantitative estimate of drug-likeness (QED) is 0.126. The van der Waals surface area contributed by atoms with Gasteiger partial charge in [0.1, 0.15) is 28.7 Å². The van der Waals surface area contributed by atoms with Gasteiger partial charge in [-0.1, -0.05) is 36.4 Å². The van der Waals surface area contributed by atoms with Crippen LogP contribution in [0.4, 0.5) is 0 Å². The van der Waals surface area contributed by atoms with E-state index in [4.69, 9.17) is 13.9 Å². The number of carbonyl (C=O) groups is 1. The molecule has 6 heteroatoms. The van der Waals surface area contributed by atoms with Gasteiger partial charge >= 0.3 is 11.6 Å². The molecule has 4 rings (SSSR count). The van der Waals surface area contributed by atoms with Crippen molar-refractivity contribution in [3.8, 4) is 17.6 Å². The molecule has 0 fully saturated rings. The Bertz CT molecular complexity index is 1410. The van der Waals surface area contributed by atoms with Gasteiger partial charge in [-0.15, -0.1) is 0 Å². The number of carbonyl (C=O) groups excluding carboxylic acids is 1. The largest absolute Gasteiger partial charge is 0.496 e. The van der Waals surface area contributed by atoms with E-state index in [9.17, 15) is 14.9 Å². The summed E-state index contributed by atoms with van der Waals surface area (Å²) in [5.41, 5.74) is 0.190. The van der Waals surface area contributed by atoms with Crippen molar-refractivity contribution in [3.05, 3.63) is 88.3 Å². The van der Waals surface area contributed by atoms with Crippen molar-refractivity contribution in [2.24, 2.45) is 0 Å². The lowest BCUT2D eigenvalue weighted by Crippen LogP contribution is -2.10. The van der Waals surface area contributed by atoms with Crippen LogP contribution in [0.25, 0.3) is 27.8 Å². The molecular weight excluding hydrogens is 382 g/mol. The Morgan fingerprint density at radius 1 is 1.00 bits per heavy atom. The molecular formula is C24H15NO5. The van der Waals surface area contributed by atoms with Gasteiger partial charge < -0.3 is 13.9 Å². The van der Waals surface area contributed by atoms with Gasteiger partial charge in [0.05, 0.1) is 12.5 Å². The van der Waals surface area contributed by atoms with E-state index in [1.807, 2.05) is 18.2 Å². The zero-order chi connectivity index (χ0) is 21.1. The maximum absolute atomic E-state index is 12.5. The van der Waals surface area contributed by atoms with Crippen LogP contribution in [0.15, 0.2) is 81.5 Å². The zero-order valence-electron chi connectivity index (χ0n) is 15.9. The standard InChI is InChI=1S/C24H15NO5/c1-28-21-9-5-2-6-15(21)12-16(14-25)23(26)29-17-10-11-19-18-7-3-4-8-20(18)24(27)30-22(19)13-17/h2-13H,1H3/b16-12+. The van der Waals surface area contributed by atoms with E-state index >= 15 is 0 Å². The molecule has 0 aliphatic rings. The molecule has 0 N–H and O–H groups in total. The molecule has 1 aromatic heterocycles. The van der Waals surface area contributed by atoms with Crippen LogP contribution in [0.3, 0.4) is 0 Å². The number of para-hydroxylation sites is 1. The first-order valence-electron chi connectivity index (χ1n) is 9.03. The molecule has 0 aliphatic carbocycles. The van der Waals surface area contributed by atoms with Gasteiger partial charge in [-0.05, 0) is 35.7 Å². The third-order valence-corrected chi connectivity index (χ3v) is 4.58. The van der Waals surface area contributed by atoms with Gasteiger partial charge in [-0.2, -0.15) is 5.26 Å². The Balaban J connectivity index is 1.68. The highest BCUT2D eigenvalue weighted by molar-refractivity contribution is 6.05. The summed E-state index contributed by atoms with van der Waals surface area (Å²) >= 11 is 0. The van der Waals surface area contributed by atoms with E-state index in [0.717, 1.165) is 10.8 Å². The number of hydrogen-bond donors (Lipinski definition) is 0. The molecule has 0 radical (unpaired) electrons. The minimum atomic E-state index is -0.828. The van der Waals surface area contributed by atoms with Crippen LogP contribution in [0, 0.1) is 11.3 Å². The fourth-order valence-electron chi connectivity index (χ4n) is 3.16. The number of nitrogens with zero attached hydrogens (tertiary/aromatic N) is 1. The second-order valence-corrected chi connectivity index (χ2v) is 6.39. The molecule has 30 heavy (non-hydrogen) atoms. The highest BCUT2D eigenvalue weighted by Gasteiger charge is 2.15. The van der Waals surface area contributed by atoms with Crippen molar-refractivity contribution in [1.29, 1.82) is 5.26 Å². The van der Waals surface area contributed by atoms with E-state index in [2.05, 4.69) is 0 Å². The fraction of sp³-hybridized carbons (Fsp3) is 0.0417. The average molecular weight is 397 g/mol. The number of hydrogen-bond acceptors (Lipinski definition) is 6. The van der Waals surface area contributed by atoms with Crippen molar-refractivity contribution >= 4 is 33.8 Å². The van der Waals surface area contributed by atoms with Crippen LogP contribution in [0.5, 0.6) is 11.5 Å². The molecule has 6 nitrogen and oxygen atoms in total. The van der Waals surface area contributed by atoms with E-state index in [-0.39, 0.29) is 16.9 Å². The van der Waals surface area contributed by atoms with Crippen molar-refractivity contribution in [1.82, 2.24) is 0 Å². The number of esters is 1. The van der Waals surface area contributed by atoms with Gasteiger partial charge in [-0.25, -0.2) is 9.59 Å². The molecule has 0 saturated carbocycles. The third-order valence-electron chi connectivity index (χ3n) is 4.58. The maximum Gasteiger partial charge on any atom is 0.354 e.